The number of aromatic amines is 1. The van der Waals surface area contributed by atoms with Crippen LogP contribution in [0.3, 0.4) is 0 Å². The standard InChI is InChI=1S/C20H12Cl3N5/c21-11-3-12(22)5-13(4-11)26-14-6-16(10-24)28-20(9-14)27-15-7-18(23)17-1-2-25-19(17)8-15/h1-9,25H,(H2,26,27,28). The van der Waals surface area contributed by atoms with Crippen LogP contribution in [0.5, 0.6) is 0 Å². The first-order chi connectivity index (χ1) is 13.5. The van der Waals surface area contributed by atoms with Crippen molar-refractivity contribution in [1.29, 1.82) is 5.26 Å². The molecule has 0 amide bonds. The molecule has 2 aromatic heterocycles. The summed E-state index contributed by atoms with van der Waals surface area (Å²) in [7, 11) is 0. The molecule has 2 heterocycles. The van der Waals surface area contributed by atoms with Crippen molar-refractivity contribution in [2.75, 3.05) is 10.6 Å². The lowest BCUT2D eigenvalue weighted by molar-refractivity contribution is 1.25. The molecular weight excluding hydrogens is 417 g/mol. The van der Waals surface area contributed by atoms with Gasteiger partial charge in [-0.3, -0.25) is 0 Å². The molecule has 28 heavy (non-hydrogen) atoms. The molecule has 0 fully saturated rings. The van der Waals surface area contributed by atoms with Gasteiger partial charge in [0.25, 0.3) is 0 Å². The molecule has 3 N–H and O–H groups in total. The number of nitrogens with zero attached hydrogens (tertiary/aromatic N) is 2. The summed E-state index contributed by atoms with van der Waals surface area (Å²) in [6, 6.07) is 16.3. The van der Waals surface area contributed by atoms with Gasteiger partial charge in [-0.1, -0.05) is 34.8 Å². The van der Waals surface area contributed by atoms with E-state index in [0.29, 0.717) is 32.3 Å². The highest BCUT2D eigenvalue weighted by Crippen LogP contribution is 2.30. The normalized spacial score (nSPS) is 10.6. The van der Waals surface area contributed by atoms with Crippen molar-refractivity contribution in [3.8, 4) is 6.07 Å². The molecule has 8 heteroatoms. The Bertz CT molecular complexity index is 1210. The van der Waals surface area contributed by atoms with Gasteiger partial charge in [-0.15, -0.1) is 0 Å². The first kappa shape index (κ1) is 18.5. The molecule has 2 aromatic carbocycles. The van der Waals surface area contributed by atoms with Crippen LogP contribution in [-0.4, -0.2) is 9.97 Å². The Labute approximate surface area is 175 Å². The van der Waals surface area contributed by atoms with Crippen molar-refractivity contribution in [3.63, 3.8) is 0 Å². The van der Waals surface area contributed by atoms with E-state index in [2.05, 4.69) is 26.7 Å². The van der Waals surface area contributed by atoms with Crippen LogP contribution in [0.15, 0.2) is 54.7 Å². The minimum absolute atomic E-state index is 0.257. The lowest BCUT2D eigenvalue weighted by atomic mass is 10.2. The number of nitriles is 1. The second-order valence-corrected chi connectivity index (χ2v) is 7.32. The summed E-state index contributed by atoms with van der Waals surface area (Å²) in [6.07, 6.45) is 1.83. The molecule has 5 nitrogen and oxygen atoms in total. The number of hydrogen-bond donors (Lipinski definition) is 3. The van der Waals surface area contributed by atoms with Crippen molar-refractivity contribution in [2.45, 2.75) is 0 Å². The van der Waals surface area contributed by atoms with Gasteiger partial charge in [0.15, 0.2) is 0 Å². The van der Waals surface area contributed by atoms with Crippen molar-refractivity contribution in [3.05, 3.63) is 75.5 Å². The van der Waals surface area contributed by atoms with Gasteiger partial charge < -0.3 is 15.6 Å². The van der Waals surface area contributed by atoms with E-state index in [4.69, 9.17) is 34.8 Å². The van der Waals surface area contributed by atoms with E-state index in [9.17, 15) is 5.26 Å². The third-order valence-corrected chi connectivity index (χ3v) is 4.73. The Morgan fingerprint density at radius 1 is 0.857 bits per heavy atom. The van der Waals surface area contributed by atoms with E-state index < -0.39 is 0 Å². The first-order valence-corrected chi connectivity index (χ1v) is 9.32. The summed E-state index contributed by atoms with van der Waals surface area (Å²) in [6.45, 7) is 0. The molecule has 0 aliphatic heterocycles. The van der Waals surface area contributed by atoms with Gasteiger partial charge >= 0.3 is 0 Å². The van der Waals surface area contributed by atoms with E-state index in [0.717, 1.165) is 16.6 Å². The van der Waals surface area contributed by atoms with E-state index in [-0.39, 0.29) is 5.69 Å². The molecule has 0 saturated heterocycles. The van der Waals surface area contributed by atoms with Crippen molar-refractivity contribution < 1.29 is 0 Å². The third-order valence-electron chi connectivity index (χ3n) is 3.98. The maximum Gasteiger partial charge on any atom is 0.144 e. The zero-order valence-electron chi connectivity index (χ0n) is 14.2. The van der Waals surface area contributed by atoms with E-state index >= 15 is 0 Å². The maximum absolute atomic E-state index is 9.33. The van der Waals surface area contributed by atoms with E-state index in [1.807, 2.05) is 24.4 Å². The number of rotatable bonds is 4. The molecule has 4 rings (SSSR count). The molecule has 138 valence electrons. The highest BCUT2D eigenvalue weighted by molar-refractivity contribution is 6.36. The van der Waals surface area contributed by atoms with Crippen LogP contribution in [-0.2, 0) is 0 Å². The minimum atomic E-state index is 0.257. The Hall–Kier alpha value is -2.91. The second-order valence-electron chi connectivity index (χ2n) is 6.04. The monoisotopic (exact) mass is 427 g/mol. The molecule has 0 atom stereocenters. The fourth-order valence-corrected chi connectivity index (χ4v) is 3.67. The molecule has 0 radical (unpaired) electrons. The largest absolute Gasteiger partial charge is 0.361 e. The lowest BCUT2D eigenvalue weighted by Gasteiger charge is -2.12. The van der Waals surface area contributed by atoms with Gasteiger partial charge in [0.05, 0.1) is 5.02 Å². The number of nitrogens with one attached hydrogen (secondary N) is 3. The van der Waals surface area contributed by atoms with Crippen LogP contribution in [0.1, 0.15) is 5.69 Å². The Morgan fingerprint density at radius 2 is 1.57 bits per heavy atom. The summed E-state index contributed by atoms with van der Waals surface area (Å²) in [4.78, 5) is 7.43. The number of aromatic nitrogens is 2. The van der Waals surface area contributed by atoms with Crippen LogP contribution >= 0.6 is 34.8 Å². The zero-order valence-corrected chi connectivity index (χ0v) is 16.5. The van der Waals surface area contributed by atoms with Crippen LogP contribution in [0.25, 0.3) is 10.9 Å². The van der Waals surface area contributed by atoms with Gasteiger partial charge in [-0.05, 0) is 42.5 Å². The molecule has 0 unspecified atom stereocenters. The SMILES string of the molecule is N#Cc1cc(Nc2cc(Cl)cc(Cl)c2)cc(Nc2cc(Cl)c3cc[nH]c3c2)n1. The van der Waals surface area contributed by atoms with Crippen LogP contribution in [0, 0.1) is 11.3 Å². The van der Waals surface area contributed by atoms with Gasteiger partial charge in [0.2, 0.25) is 0 Å². The third kappa shape index (κ3) is 4.00. The van der Waals surface area contributed by atoms with Gasteiger partial charge in [0, 0.05) is 50.3 Å². The van der Waals surface area contributed by atoms with Gasteiger partial charge in [0.1, 0.15) is 17.6 Å². The van der Waals surface area contributed by atoms with Crippen molar-refractivity contribution >= 4 is 68.6 Å². The fraction of sp³-hybridized carbons (Fsp3) is 0. The fourth-order valence-electron chi connectivity index (χ4n) is 2.86. The van der Waals surface area contributed by atoms with E-state index in [1.54, 1.807) is 30.3 Å². The number of H-pyrrole nitrogens is 1. The number of hydrogen-bond acceptors (Lipinski definition) is 4. The molecule has 0 saturated carbocycles. The molecule has 0 aliphatic carbocycles. The summed E-state index contributed by atoms with van der Waals surface area (Å²) >= 11 is 18.4. The van der Waals surface area contributed by atoms with E-state index in [1.165, 1.54) is 0 Å². The quantitative estimate of drug-likeness (QED) is 0.331. The summed E-state index contributed by atoms with van der Waals surface area (Å²) in [5, 5.41) is 18.3. The smallest absolute Gasteiger partial charge is 0.144 e. The molecule has 0 bridgehead atoms. The summed E-state index contributed by atoms with van der Waals surface area (Å²) in [5.41, 5.74) is 3.28. The van der Waals surface area contributed by atoms with Crippen molar-refractivity contribution in [1.82, 2.24) is 9.97 Å². The number of anilines is 4. The second kappa shape index (κ2) is 7.61. The number of fused-ring (bicyclic) bond motifs is 1. The predicted octanol–water partition coefficient (Wildman–Crippen LogP) is 6.88. The summed E-state index contributed by atoms with van der Waals surface area (Å²) < 4.78 is 0. The van der Waals surface area contributed by atoms with Crippen molar-refractivity contribution in [2.24, 2.45) is 0 Å². The van der Waals surface area contributed by atoms with Gasteiger partial charge in [-0.2, -0.15) is 5.26 Å². The predicted molar refractivity (Wildman–Crippen MR) is 115 cm³/mol. The summed E-state index contributed by atoms with van der Waals surface area (Å²) in [5.74, 6) is 0.497. The van der Waals surface area contributed by atoms with Crippen LogP contribution < -0.4 is 10.6 Å². The minimum Gasteiger partial charge on any atom is -0.361 e. The van der Waals surface area contributed by atoms with Gasteiger partial charge in [-0.25, -0.2) is 4.98 Å². The lowest BCUT2D eigenvalue weighted by Crippen LogP contribution is -1.99. The number of benzene rings is 2. The molecule has 0 aliphatic rings. The maximum atomic E-state index is 9.33. The van der Waals surface area contributed by atoms with Crippen LogP contribution in [0.2, 0.25) is 15.1 Å². The average Bonchev–Trinajstić information content (AvgIpc) is 3.09. The zero-order chi connectivity index (χ0) is 19.7. The first-order valence-electron chi connectivity index (χ1n) is 8.19. The van der Waals surface area contributed by atoms with Crippen LogP contribution in [0.4, 0.5) is 22.9 Å². The molecule has 4 aromatic rings. The molecular formula is C20H12Cl3N5. The number of pyridine rings is 1. The highest BCUT2D eigenvalue weighted by Gasteiger charge is 2.08. The molecule has 0 spiro atoms. The Morgan fingerprint density at radius 3 is 2.32 bits per heavy atom. The number of halogens is 3. The topological polar surface area (TPSA) is 76.5 Å². The Kier molecular flexibility index (Phi) is 5.01. The average molecular weight is 429 g/mol. The Balaban J connectivity index is 1.67. The highest BCUT2D eigenvalue weighted by atomic mass is 35.5.